The van der Waals surface area contributed by atoms with Gasteiger partial charge < -0.3 is 20.3 Å². The maximum atomic E-state index is 13.2. The van der Waals surface area contributed by atoms with Gasteiger partial charge in [0.05, 0.1) is 25.2 Å². The van der Waals surface area contributed by atoms with Gasteiger partial charge in [0.2, 0.25) is 5.91 Å². The van der Waals surface area contributed by atoms with Crippen LogP contribution in [0.15, 0.2) is 122 Å². The van der Waals surface area contributed by atoms with Gasteiger partial charge in [0.15, 0.2) is 0 Å². The Hall–Kier alpha value is -3.74. The van der Waals surface area contributed by atoms with Crippen molar-refractivity contribution in [1.82, 2.24) is 5.32 Å². The molecule has 6 heteroatoms. The van der Waals surface area contributed by atoms with E-state index in [9.17, 15) is 19.8 Å². The highest BCUT2D eigenvalue weighted by molar-refractivity contribution is 5.77. The summed E-state index contributed by atoms with van der Waals surface area (Å²) in [5.41, 5.74) is 0. The van der Waals surface area contributed by atoms with Gasteiger partial charge in [-0.3, -0.25) is 9.59 Å². The van der Waals surface area contributed by atoms with E-state index in [0.717, 1.165) is 96.3 Å². The minimum Gasteiger partial charge on any atom is -0.462 e. The smallest absolute Gasteiger partial charge is 0.306 e. The van der Waals surface area contributed by atoms with Gasteiger partial charge in [0.25, 0.3) is 0 Å². The van der Waals surface area contributed by atoms with E-state index >= 15 is 0 Å². The molecular formula is C57H93NO5. The van der Waals surface area contributed by atoms with E-state index in [-0.39, 0.29) is 24.9 Å². The summed E-state index contributed by atoms with van der Waals surface area (Å²) in [6.07, 6.45) is 68.3. The predicted octanol–water partition coefficient (Wildman–Crippen LogP) is 15.3. The molecule has 0 aromatic rings. The highest BCUT2D eigenvalue weighted by atomic mass is 16.5. The van der Waals surface area contributed by atoms with Gasteiger partial charge in [-0.1, -0.05) is 226 Å². The van der Waals surface area contributed by atoms with Crippen molar-refractivity contribution in [2.45, 2.75) is 219 Å². The molecule has 0 radical (unpaired) electrons. The minimum atomic E-state index is -0.820. The molecule has 0 bridgehead atoms. The van der Waals surface area contributed by atoms with Crippen molar-refractivity contribution in [2.75, 3.05) is 6.61 Å². The third-order valence-corrected chi connectivity index (χ3v) is 10.7. The quantitative estimate of drug-likeness (QED) is 0.0245. The SMILES string of the molecule is CC/C=C\C/C=C\C/C=C\C/C=C\C/C=C\CCCCCC(=O)OC(CCC/C=C/C=C\C=C/C=C/C=C/CC)CC(=O)NC(CO)C(O)CCCCCCCCCCCCCC. The van der Waals surface area contributed by atoms with Gasteiger partial charge in [-0.2, -0.15) is 0 Å². The molecule has 0 spiro atoms. The number of hydrogen-bond donors (Lipinski definition) is 3. The van der Waals surface area contributed by atoms with Crippen molar-refractivity contribution in [2.24, 2.45) is 0 Å². The molecule has 3 atom stereocenters. The molecule has 0 aromatic carbocycles. The summed E-state index contributed by atoms with van der Waals surface area (Å²) in [5.74, 6) is -0.597. The Bertz CT molecular complexity index is 1350. The molecule has 0 aliphatic heterocycles. The van der Waals surface area contributed by atoms with E-state index in [2.05, 4.69) is 99.0 Å². The molecule has 63 heavy (non-hydrogen) atoms. The van der Waals surface area contributed by atoms with Crippen LogP contribution in [0.1, 0.15) is 201 Å². The zero-order chi connectivity index (χ0) is 45.9. The van der Waals surface area contributed by atoms with Crippen LogP contribution in [0, 0.1) is 0 Å². The summed E-state index contributed by atoms with van der Waals surface area (Å²) in [5, 5.41) is 23.7. The van der Waals surface area contributed by atoms with E-state index in [1.807, 2.05) is 48.6 Å². The summed E-state index contributed by atoms with van der Waals surface area (Å²) < 4.78 is 5.87. The molecular weight excluding hydrogens is 779 g/mol. The summed E-state index contributed by atoms with van der Waals surface area (Å²) in [7, 11) is 0. The Morgan fingerprint density at radius 3 is 1.49 bits per heavy atom. The minimum absolute atomic E-state index is 0.00695. The van der Waals surface area contributed by atoms with E-state index in [4.69, 9.17) is 4.74 Å². The number of amides is 1. The highest BCUT2D eigenvalue weighted by Gasteiger charge is 2.24. The molecule has 0 aromatic heterocycles. The molecule has 6 nitrogen and oxygen atoms in total. The first kappa shape index (κ1) is 59.3. The summed E-state index contributed by atoms with van der Waals surface area (Å²) in [4.78, 5) is 26.1. The second-order valence-corrected chi connectivity index (χ2v) is 16.6. The van der Waals surface area contributed by atoms with Crippen LogP contribution in [0.5, 0.6) is 0 Å². The fourth-order valence-corrected chi connectivity index (χ4v) is 6.89. The van der Waals surface area contributed by atoms with E-state index in [0.29, 0.717) is 19.3 Å². The number of aliphatic hydroxyl groups is 2. The molecule has 0 fully saturated rings. The van der Waals surface area contributed by atoms with Crippen LogP contribution in [-0.2, 0) is 14.3 Å². The van der Waals surface area contributed by atoms with Crippen LogP contribution in [0.3, 0.4) is 0 Å². The van der Waals surface area contributed by atoms with Gasteiger partial charge in [0, 0.05) is 6.42 Å². The van der Waals surface area contributed by atoms with Crippen molar-refractivity contribution in [1.29, 1.82) is 0 Å². The molecule has 0 rings (SSSR count). The number of aliphatic hydroxyl groups excluding tert-OH is 2. The Morgan fingerprint density at radius 1 is 0.492 bits per heavy atom. The molecule has 1 amide bonds. The van der Waals surface area contributed by atoms with Crippen LogP contribution in [-0.4, -0.2) is 46.9 Å². The molecule has 0 aliphatic carbocycles. The largest absolute Gasteiger partial charge is 0.462 e. The number of carbonyl (C=O) groups excluding carboxylic acids is 2. The molecule has 3 N–H and O–H groups in total. The Kier molecular flexibility index (Phi) is 46.4. The van der Waals surface area contributed by atoms with Crippen molar-refractivity contribution in [3.05, 3.63) is 122 Å². The first-order valence-corrected chi connectivity index (χ1v) is 25.3. The molecule has 0 aliphatic rings. The molecule has 0 heterocycles. The van der Waals surface area contributed by atoms with Gasteiger partial charge in [-0.15, -0.1) is 0 Å². The topological polar surface area (TPSA) is 95.9 Å². The molecule has 0 saturated carbocycles. The zero-order valence-electron chi connectivity index (χ0n) is 40.4. The molecule has 0 saturated heterocycles. The standard InChI is InChI=1S/C57H93NO5/c1-4-7-10-13-16-19-22-25-26-27-28-29-30-32-35-38-41-44-47-50-57(62)63-53(48-45-42-39-36-33-31-23-20-17-14-11-8-5-2)51-56(61)58-54(52-59)55(60)49-46-43-40-37-34-24-21-18-15-12-9-6-3/h7-8,10-11,14,16-17,19-20,23,25-26,28-29,31-33,35-36,39,53-55,59-60H,4-6,9,12-13,15,18,21-22,24,27,30,34,37-38,40-52H2,1-3H3,(H,58,61)/b10-7-,11-8+,17-14+,19-16-,23-20-,26-25-,29-28-,33-31-,35-32-,39-36+. The van der Waals surface area contributed by atoms with E-state index in [1.165, 1.54) is 57.8 Å². The van der Waals surface area contributed by atoms with Crippen molar-refractivity contribution in [3.63, 3.8) is 0 Å². The number of carbonyl (C=O) groups is 2. The lowest BCUT2D eigenvalue weighted by molar-refractivity contribution is -0.151. The first-order chi connectivity index (χ1) is 31.0. The van der Waals surface area contributed by atoms with Crippen LogP contribution >= 0.6 is 0 Å². The average Bonchev–Trinajstić information content (AvgIpc) is 3.28. The third-order valence-electron chi connectivity index (χ3n) is 10.7. The Balaban J connectivity index is 4.75. The van der Waals surface area contributed by atoms with Crippen LogP contribution in [0.4, 0.5) is 0 Å². The normalized spacial score (nSPS) is 14.3. The van der Waals surface area contributed by atoms with E-state index < -0.39 is 18.2 Å². The number of nitrogens with one attached hydrogen (secondary N) is 1. The monoisotopic (exact) mass is 872 g/mol. The van der Waals surface area contributed by atoms with Crippen LogP contribution < -0.4 is 5.32 Å². The molecule has 356 valence electrons. The van der Waals surface area contributed by atoms with Gasteiger partial charge in [-0.05, 0) is 83.5 Å². The number of unbranched alkanes of at least 4 members (excludes halogenated alkanes) is 15. The summed E-state index contributed by atoms with van der Waals surface area (Å²) in [6, 6.07) is -0.739. The lowest BCUT2D eigenvalue weighted by Gasteiger charge is -2.24. The number of esters is 1. The maximum Gasteiger partial charge on any atom is 0.306 e. The molecule has 3 unspecified atom stereocenters. The number of ether oxygens (including phenoxy) is 1. The fourth-order valence-electron chi connectivity index (χ4n) is 6.89. The maximum absolute atomic E-state index is 13.2. The van der Waals surface area contributed by atoms with Gasteiger partial charge in [0.1, 0.15) is 6.10 Å². The summed E-state index contributed by atoms with van der Waals surface area (Å²) in [6.45, 7) is 6.18. The Labute approximate surface area is 387 Å². The number of rotatable bonds is 43. The van der Waals surface area contributed by atoms with Crippen molar-refractivity contribution in [3.8, 4) is 0 Å². The lowest BCUT2D eigenvalue weighted by Crippen LogP contribution is -2.46. The average molecular weight is 872 g/mol. The van der Waals surface area contributed by atoms with Crippen molar-refractivity contribution >= 4 is 11.9 Å². The third kappa shape index (κ3) is 44.7. The number of hydrogen-bond acceptors (Lipinski definition) is 5. The zero-order valence-corrected chi connectivity index (χ0v) is 40.4. The second kappa shape index (κ2) is 49.3. The Morgan fingerprint density at radius 2 is 0.952 bits per heavy atom. The second-order valence-electron chi connectivity index (χ2n) is 16.6. The van der Waals surface area contributed by atoms with Crippen LogP contribution in [0.25, 0.3) is 0 Å². The summed E-state index contributed by atoms with van der Waals surface area (Å²) >= 11 is 0. The van der Waals surface area contributed by atoms with Crippen LogP contribution in [0.2, 0.25) is 0 Å². The fraction of sp³-hybridized carbons (Fsp3) is 0.614. The van der Waals surface area contributed by atoms with Gasteiger partial charge >= 0.3 is 5.97 Å². The first-order valence-electron chi connectivity index (χ1n) is 25.3. The van der Waals surface area contributed by atoms with Crippen molar-refractivity contribution < 1.29 is 24.5 Å². The number of allylic oxidation sites excluding steroid dienone is 20. The lowest BCUT2D eigenvalue weighted by atomic mass is 10.0. The van der Waals surface area contributed by atoms with E-state index in [1.54, 1.807) is 0 Å². The highest BCUT2D eigenvalue weighted by Crippen LogP contribution is 2.16. The predicted molar refractivity (Wildman–Crippen MR) is 273 cm³/mol. The van der Waals surface area contributed by atoms with Gasteiger partial charge in [-0.25, -0.2) is 0 Å².